The number of hydrogen-bond acceptors (Lipinski definition) is 3. The van der Waals surface area contributed by atoms with Crippen LogP contribution in [0.2, 0.25) is 0 Å². The molecule has 6 heteroatoms. The number of thiocarbonyl (C=S) groups is 1. The predicted molar refractivity (Wildman–Crippen MR) is 51.6 cm³/mol. The first-order valence-electron chi connectivity index (χ1n) is 3.77. The molecule has 1 aliphatic heterocycles. The van der Waals surface area contributed by atoms with Crippen LogP contribution in [-0.2, 0) is 9.84 Å². The van der Waals surface area contributed by atoms with Gasteiger partial charge in [-0.2, -0.15) is 0 Å². The van der Waals surface area contributed by atoms with E-state index in [2.05, 4.69) is 17.5 Å². The van der Waals surface area contributed by atoms with E-state index in [4.69, 9.17) is 5.73 Å². The summed E-state index contributed by atoms with van der Waals surface area (Å²) in [5.41, 5.74) is 5.18. The van der Waals surface area contributed by atoms with Crippen molar-refractivity contribution in [2.45, 2.75) is 18.1 Å². The summed E-state index contributed by atoms with van der Waals surface area (Å²) in [6, 6.07) is 0. The van der Waals surface area contributed by atoms with Gasteiger partial charge >= 0.3 is 0 Å². The van der Waals surface area contributed by atoms with Crippen molar-refractivity contribution >= 4 is 27.2 Å². The van der Waals surface area contributed by atoms with Crippen LogP contribution in [0.4, 0.5) is 0 Å². The van der Waals surface area contributed by atoms with Crippen LogP contribution >= 0.6 is 12.2 Å². The van der Waals surface area contributed by atoms with Crippen molar-refractivity contribution in [3.8, 4) is 0 Å². The lowest BCUT2D eigenvalue weighted by Gasteiger charge is -2.09. The molecular weight excluding hydrogens is 196 g/mol. The molecule has 1 heterocycles. The molecule has 0 aliphatic carbocycles. The molecule has 0 spiro atoms. The van der Waals surface area contributed by atoms with Crippen LogP contribution in [0.3, 0.4) is 0 Å². The van der Waals surface area contributed by atoms with Gasteiger partial charge in [0.25, 0.3) is 0 Å². The van der Waals surface area contributed by atoms with Crippen molar-refractivity contribution in [3.05, 3.63) is 0 Å². The molecule has 1 saturated heterocycles. The maximum atomic E-state index is 11.3. The molecule has 1 unspecified atom stereocenters. The van der Waals surface area contributed by atoms with Crippen molar-refractivity contribution in [1.82, 2.24) is 5.32 Å². The van der Waals surface area contributed by atoms with E-state index in [1.54, 1.807) is 0 Å². The summed E-state index contributed by atoms with van der Waals surface area (Å²) in [6.45, 7) is 0.359. The number of hydrogen-bond donors (Lipinski definition) is 2. The molecule has 1 fully saturated rings. The van der Waals surface area contributed by atoms with Crippen molar-refractivity contribution in [3.63, 3.8) is 0 Å². The number of rotatable bonds is 2. The van der Waals surface area contributed by atoms with Gasteiger partial charge in [-0.1, -0.05) is 0 Å². The minimum absolute atomic E-state index is 0.164. The highest BCUT2D eigenvalue weighted by molar-refractivity contribution is 7.92. The number of nitrogens with one attached hydrogen (secondary N) is 1. The fourth-order valence-corrected chi connectivity index (χ4v) is 3.15. The first-order chi connectivity index (χ1) is 5.52. The van der Waals surface area contributed by atoms with E-state index in [9.17, 15) is 8.42 Å². The molecule has 70 valence electrons. The van der Waals surface area contributed by atoms with Gasteiger partial charge in [-0.25, -0.2) is 8.42 Å². The summed E-state index contributed by atoms with van der Waals surface area (Å²) < 4.78 is 22.5. The highest BCUT2D eigenvalue weighted by atomic mass is 32.2. The van der Waals surface area contributed by atoms with E-state index in [0.29, 0.717) is 12.3 Å². The van der Waals surface area contributed by atoms with Crippen LogP contribution in [0.25, 0.3) is 0 Å². The van der Waals surface area contributed by atoms with Crippen LogP contribution in [0.1, 0.15) is 12.8 Å². The van der Waals surface area contributed by atoms with E-state index in [1.807, 2.05) is 0 Å². The van der Waals surface area contributed by atoms with E-state index in [-0.39, 0.29) is 10.4 Å². The fourth-order valence-electron chi connectivity index (χ4n) is 1.30. The van der Waals surface area contributed by atoms with Gasteiger partial charge in [0.2, 0.25) is 0 Å². The van der Waals surface area contributed by atoms with Crippen LogP contribution in [0.15, 0.2) is 0 Å². The van der Waals surface area contributed by atoms with Crippen molar-refractivity contribution in [1.29, 1.82) is 0 Å². The Morgan fingerprint density at radius 3 is 2.75 bits per heavy atom. The molecule has 3 N–H and O–H groups in total. The highest BCUT2D eigenvalue weighted by Gasteiger charge is 2.30. The Morgan fingerprint density at radius 2 is 2.33 bits per heavy atom. The molecule has 1 atom stereocenters. The Kier molecular flexibility index (Phi) is 2.89. The normalized spacial score (nSPS) is 26.8. The molecule has 0 bridgehead atoms. The topological polar surface area (TPSA) is 72.2 Å². The Bertz CT molecular complexity index is 273. The Hall–Kier alpha value is -0.360. The zero-order valence-corrected chi connectivity index (χ0v) is 8.25. The molecule has 1 aliphatic rings. The number of nitrogens with two attached hydrogens (primary N) is 1. The third kappa shape index (κ3) is 2.31. The zero-order chi connectivity index (χ0) is 9.19. The first-order valence-corrected chi connectivity index (χ1v) is 5.89. The Labute approximate surface area is 77.4 Å². The van der Waals surface area contributed by atoms with Gasteiger partial charge in [-0.3, -0.25) is 0 Å². The van der Waals surface area contributed by atoms with Crippen LogP contribution in [0, 0.1) is 0 Å². The van der Waals surface area contributed by atoms with E-state index < -0.39 is 9.84 Å². The fraction of sp³-hybridized carbons (Fsp3) is 0.833. The van der Waals surface area contributed by atoms with Gasteiger partial charge < -0.3 is 11.1 Å². The average molecular weight is 208 g/mol. The molecule has 1 rings (SSSR count). The van der Waals surface area contributed by atoms with Gasteiger partial charge in [-0.05, 0) is 25.1 Å². The zero-order valence-electron chi connectivity index (χ0n) is 6.62. The summed E-state index contributed by atoms with van der Waals surface area (Å²) in [6.07, 6.45) is 1.48. The summed E-state index contributed by atoms with van der Waals surface area (Å²) in [5.74, 6) is 0.302. The summed E-state index contributed by atoms with van der Waals surface area (Å²) in [7, 11) is -2.86. The largest absolute Gasteiger partial charge is 0.376 e. The van der Waals surface area contributed by atoms with Gasteiger partial charge in [0, 0.05) is 6.54 Å². The molecule has 12 heavy (non-hydrogen) atoms. The summed E-state index contributed by atoms with van der Waals surface area (Å²) in [5, 5.41) is 2.54. The minimum atomic E-state index is -2.86. The summed E-state index contributed by atoms with van der Waals surface area (Å²) >= 11 is 4.58. The third-order valence-corrected chi connectivity index (χ3v) is 4.39. The minimum Gasteiger partial charge on any atom is -0.376 e. The quantitative estimate of drug-likeness (QED) is 0.593. The number of sulfone groups is 1. The lowest BCUT2D eigenvalue weighted by molar-refractivity contribution is 0.587. The second-order valence-electron chi connectivity index (χ2n) is 2.88. The second-order valence-corrected chi connectivity index (χ2v) is 5.72. The molecule has 0 aromatic carbocycles. The molecule has 0 saturated carbocycles. The van der Waals surface area contributed by atoms with Crippen molar-refractivity contribution in [2.75, 3.05) is 12.3 Å². The first kappa shape index (κ1) is 9.73. The highest BCUT2D eigenvalue weighted by Crippen LogP contribution is 2.18. The van der Waals surface area contributed by atoms with E-state index in [1.165, 1.54) is 0 Å². The smallest absolute Gasteiger partial charge is 0.163 e. The standard InChI is InChI=1S/C6H12N2O2S2/c7-6(11)8-4-5-2-1-3-12(5,9)10/h5H,1-4H2,(H3,7,8,11). The molecule has 0 aromatic rings. The lowest BCUT2D eigenvalue weighted by atomic mass is 10.2. The predicted octanol–water partition coefficient (Wildman–Crippen LogP) is -0.603. The Morgan fingerprint density at radius 1 is 1.67 bits per heavy atom. The Balaban J connectivity index is 2.48. The van der Waals surface area contributed by atoms with E-state index >= 15 is 0 Å². The van der Waals surface area contributed by atoms with Crippen LogP contribution in [-0.4, -0.2) is 31.1 Å². The van der Waals surface area contributed by atoms with Gasteiger partial charge in [0.05, 0.1) is 11.0 Å². The van der Waals surface area contributed by atoms with Gasteiger partial charge in [0.15, 0.2) is 14.9 Å². The van der Waals surface area contributed by atoms with Crippen LogP contribution in [0.5, 0.6) is 0 Å². The SMILES string of the molecule is NC(=S)NCC1CCCS1(=O)=O. The maximum Gasteiger partial charge on any atom is 0.163 e. The van der Waals surface area contributed by atoms with Gasteiger partial charge in [-0.15, -0.1) is 0 Å². The lowest BCUT2D eigenvalue weighted by Crippen LogP contribution is -2.37. The van der Waals surface area contributed by atoms with Gasteiger partial charge in [0.1, 0.15) is 0 Å². The van der Waals surface area contributed by atoms with Crippen LogP contribution < -0.4 is 11.1 Å². The summed E-state index contributed by atoms with van der Waals surface area (Å²) in [4.78, 5) is 0. The maximum absolute atomic E-state index is 11.3. The molecule has 0 radical (unpaired) electrons. The monoisotopic (exact) mass is 208 g/mol. The molecule has 4 nitrogen and oxygen atoms in total. The third-order valence-electron chi connectivity index (χ3n) is 1.97. The van der Waals surface area contributed by atoms with Crippen molar-refractivity contribution < 1.29 is 8.42 Å². The average Bonchev–Trinajstić information content (AvgIpc) is 2.25. The van der Waals surface area contributed by atoms with E-state index in [0.717, 1.165) is 12.8 Å². The molecule has 0 aromatic heterocycles. The van der Waals surface area contributed by atoms with Crippen molar-refractivity contribution in [2.24, 2.45) is 5.73 Å². The second kappa shape index (κ2) is 3.57. The molecule has 0 amide bonds. The molecular formula is C6H12N2O2S2.